The van der Waals surface area contributed by atoms with Gasteiger partial charge in [0, 0.05) is 5.39 Å². The summed E-state index contributed by atoms with van der Waals surface area (Å²) in [6, 6.07) is 16.5. The van der Waals surface area contributed by atoms with Gasteiger partial charge in [0.05, 0.1) is 12.1 Å². The van der Waals surface area contributed by atoms with Crippen LogP contribution in [0.5, 0.6) is 5.75 Å². The lowest BCUT2D eigenvalue weighted by Gasteiger charge is -2.17. The van der Waals surface area contributed by atoms with Gasteiger partial charge in [-0.05, 0) is 31.2 Å². The van der Waals surface area contributed by atoms with Crippen molar-refractivity contribution in [3.05, 3.63) is 60.4 Å². The van der Waals surface area contributed by atoms with Crippen LogP contribution in [0, 0.1) is 0 Å². The molecular weight excluding hydrogens is 312 g/mol. The number of nitrogens with zero attached hydrogens (tertiary/aromatic N) is 2. The van der Waals surface area contributed by atoms with Crippen LogP contribution in [0.3, 0.4) is 0 Å². The van der Waals surface area contributed by atoms with E-state index in [0.29, 0.717) is 23.3 Å². The lowest BCUT2D eigenvalue weighted by Crippen LogP contribution is -2.23. The first-order chi connectivity index (χ1) is 11.6. The van der Waals surface area contributed by atoms with Crippen molar-refractivity contribution in [2.45, 2.75) is 19.5 Å². The molecule has 1 heterocycles. The van der Waals surface area contributed by atoms with Gasteiger partial charge in [0.25, 0.3) is 6.43 Å². The molecular formula is C18H17F2N3O. The number of hydrogen-bond acceptors (Lipinski definition) is 4. The predicted octanol–water partition coefficient (Wildman–Crippen LogP) is 4.45. The number of halogens is 2. The molecule has 1 unspecified atom stereocenters. The Morgan fingerprint density at radius 1 is 1.00 bits per heavy atom. The van der Waals surface area contributed by atoms with E-state index in [1.807, 2.05) is 43.3 Å². The minimum Gasteiger partial charge on any atom is -0.489 e. The molecule has 0 aliphatic heterocycles. The molecule has 24 heavy (non-hydrogen) atoms. The third kappa shape index (κ3) is 3.76. The van der Waals surface area contributed by atoms with Crippen LogP contribution < -0.4 is 10.1 Å². The van der Waals surface area contributed by atoms with E-state index in [-0.39, 0.29) is 6.10 Å². The number of rotatable bonds is 6. The van der Waals surface area contributed by atoms with Gasteiger partial charge >= 0.3 is 0 Å². The maximum absolute atomic E-state index is 13.0. The number of fused-ring (bicyclic) bond motifs is 1. The second-order valence-corrected chi connectivity index (χ2v) is 5.37. The van der Waals surface area contributed by atoms with Crippen LogP contribution in [0.25, 0.3) is 10.9 Å². The normalized spacial score (nSPS) is 12.3. The Bertz CT molecular complexity index is 812. The summed E-state index contributed by atoms with van der Waals surface area (Å²) in [5, 5.41) is 3.80. The smallest absolute Gasteiger partial charge is 0.297 e. The van der Waals surface area contributed by atoms with Crippen molar-refractivity contribution in [2.24, 2.45) is 0 Å². The van der Waals surface area contributed by atoms with Crippen LogP contribution in [0.15, 0.2) is 54.6 Å². The Morgan fingerprint density at radius 3 is 2.46 bits per heavy atom. The minimum absolute atomic E-state index is 0.156. The molecule has 0 aliphatic rings. The van der Waals surface area contributed by atoms with Crippen LogP contribution in [-0.2, 0) is 0 Å². The van der Waals surface area contributed by atoms with E-state index in [1.54, 1.807) is 18.2 Å². The highest BCUT2D eigenvalue weighted by Gasteiger charge is 2.15. The van der Waals surface area contributed by atoms with Crippen LogP contribution in [-0.4, -0.2) is 22.6 Å². The Kier molecular flexibility index (Phi) is 4.84. The third-order valence-corrected chi connectivity index (χ3v) is 3.45. The van der Waals surface area contributed by atoms with E-state index in [9.17, 15) is 8.78 Å². The topological polar surface area (TPSA) is 47.0 Å². The molecule has 0 aliphatic carbocycles. The van der Waals surface area contributed by atoms with Gasteiger partial charge in [0.2, 0.25) is 0 Å². The van der Waals surface area contributed by atoms with E-state index < -0.39 is 12.2 Å². The van der Waals surface area contributed by atoms with Crippen molar-refractivity contribution in [1.29, 1.82) is 0 Å². The van der Waals surface area contributed by atoms with Gasteiger partial charge in [0.1, 0.15) is 17.7 Å². The summed E-state index contributed by atoms with van der Waals surface area (Å²) in [5.41, 5.74) is 0.488. The molecule has 6 heteroatoms. The monoisotopic (exact) mass is 329 g/mol. The number of nitrogens with one attached hydrogen (secondary N) is 1. The predicted molar refractivity (Wildman–Crippen MR) is 89.5 cm³/mol. The quantitative estimate of drug-likeness (QED) is 0.726. The first kappa shape index (κ1) is 16.1. The number of para-hydroxylation sites is 2. The molecule has 1 aromatic heterocycles. The number of anilines is 1. The van der Waals surface area contributed by atoms with Crippen molar-refractivity contribution in [2.75, 3.05) is 11.9 Å². The van der Waals surface area contributed by atoms with Crippen LogP contribution in [0.4, 0.5) is 14.6 Å². The van der Waals surface area contributed by atoms with Gasteiger partial charge in [-0.2, -0.15) is 0 Å². The lowest BCUT2D eigenvalue weighted by molar-refractivity contribution is 0.141. The molecule has 0 saturated carbocycles. The lowest BCUT2D eigenvalue weighted by atomic mass is 10.2. The zero-order valence-corrected chi connectivity index (χ0v) is 13.1. The SMILES string of the molecule is CC(CNc1nc(C(F)F)nc2ccccc12)Oc1ccccc1. The highest BCUT2D eigenvalue weighted by atomic mass is 19.3. The molecule has 4 nitrogen and oxygen atoms in total. The summed E-state index contributed by atoms with van der Waals surface area (Å²) in [7, 11) is 0. The highest BCUT2D eigenvalue weighted by Crippen LogP contribution is 2.24. The number of hydrogen-bond donors (Lipinski definition) is 1. The van der Waals surface area contributed by atoms with Crippen molar-refractivity contribution in [3.8, 4) is 5.75 Å². The van der Waals surface area contributed by atoms with E-state index in [1.165, 1.54) is 0 Å². The number of aromatic nitrogens is 2. The Hall–Kier alpha value is -2.76. The van der Waals surface area contributed by atoms with Crippen LogP contribution in [0.1, 0.15) is 19.2 Å². The average Bonchev–Trinajstić information content (AvgIpc) is 2.60. The summed E-state index contributed by atoms with van der Waals surface area (Å²) in [4.78, 5) is 7.85. The van der Waals surface area contributed by atoms with E-state index >= 15 is 0 Å². The second-order valence-electron chi connectivity index (χ2n) is 5.37. The van der Waals surface area contributed by atoms with Crippen molar-refractivity contribution < 1.29 is 13.5 Å². The summed E-state index contributed by atoms with van der Waals surface area (Å²) in [5.74, 6) is 0.667. The van der Waals surface area contributed by atoms with Gasteiger partial charge < -0.3 is 10.1 Å². The molecule has 0 bridgehead atoms. The fourth-order valence-corrected chi connectivity index (χ4v) is 2.34. The molecule has 1 N–H and O–H groups in total. The van der Waals surface area contributed by atoms with Gasteiger partial charge in [-0.1, -0.05) is 30.3 Å². The highest BCUT2D eigenvalue weighted by molar-refractivity contribution is 5.89. The standard InChI is InChI=1S/C18H17F2N3O/c1-12(24-13-7-3-2-4-8-13)11-21-17-14-9-5-6-10-15(14)22-18(23-17)16(19)20/h2-10,12,16H,11H2,1H3,(H,21,22,23). The molecule has 0 fully saturated rings. The molecule has 0 radical (unpaired) electrons. The summed E-state index contributed by atoms with van der Waals surface area (Å²) in [6.07, 6.45) is -2.87. The second kappa shape index (κ2) is 7.21. The maximum Gasteiger partial charge on any atom is 0.297 e. The average molecular weight is 329 g/mol. The molecule has 0 amide bonds. The van der Waals surface area contributed by atoms with Crippen molar-refractivity contribution in [3.63, 3.8) is 0 Å². The molecule has 3 rings (SSSR count). The van der Waals surface area contributed by atoms with Gasteiger partial charge in [-0.25, -0.2) is 18.7 Å². The van der Waals surface area contributed by atoms with Gasteiger partial charge in [-0.15, -0.1) is 0 Å². The zero-order chi connectivity index (χ0) is 16.9. The molecule has 0 spiro atoms. The Morgan fingerprint density at radius 2 is 1.71 bits per heavy atom. The summed E-state index contributed by atoms with van der Waals surface area (Å²) >= 11 is 0. The molecule has 0 saturated heterocycles. The maximum atomic E-state index is 13.0. The zero-order valence-electron chi connectivity index (χ0n) is 13.1. The fraction of sp³-hybridized carbons (Fsp3) is 0.222. The molecule has 1 atom stereocenters. The fourth-order valence-electron chi connectivity index (χ4n) is 2.34. The molecule has 3 aromatic rings. The van der Waals surface area contributed by atoms with E-state index in [4.69, 9.17) is 4.74 Å². The summed E-state index contributed by atoms with van der Waals surface area (Å²) < 4.78 is 31.7. The summed E-state index contributed by atoms with van der Waals surface area (Å²) in [6.45, 7) is 2.33. The van der Waals surface area contributed by atoms with Crippen LogP contribution in [0.2, 0.25) is 0 Å². The molecule has 124 valence electrons. The Balaban J connectivity index is 1.76. The van der Waals surface area contributed by atoms with Gasteiger partial charge in [0.15, 0.2) is 5.82 Å². The van der Waals surface area contributed by atoms with Crippen LogP contribution >= 0.6 is 0 Å². The van der Waals surface area contributed by atoms with Crippen molar-refractivity contribution >= 4 is 16.7 Å². The number of ether oxygens (including phenoxy) is 1. The van der Waals surface area contributed by atoms with Gasteiger partial charge in [-0.3, -0.25) is 0 Å². The minimum atomic E-state index is -2.71. The molecule has 2 aromatic carbocycles. The van der Waals surface area contributed by atoms with E-state index in [2.05, 4.69) is 15.3 Å². The first-order valence-electron chi connectivity index (χ1n) is 7.64. The third-order valence-electron chi connectivity index (χ3n) is 3.45. The number of benzene rings is 2. The Labute approximate surface area is 138 Å². The first-order valence-corrected chi connectivity index (χ1v) is 7.64. The van der Waals surface area contributed by atoms with Crippen molar-refractivity contribution in [1.82, 2.24) is 9.97 Å². The van der Waals surface area contributed by atoms with E-state index in [0.717, 1.165) is 5.75 Å². The number of alkyl halides is 2. The largest absolute Gasteiger partial charge is 0.489 e.